The van der Waals surface area contributed by atoms with E-state index >= 15 is 0 Å². The molecule has 236 valence electrons. The van der Waals surface area contributed by atoms with Gasteiger partial charge in [-0.1, -0.05) is 108 Å². The van der Waals surface area contributed by atoms with E-state index < -0.39 is 6.36 Å². The summed E-state index contributed by atoms with van der Waals surface area (Å²) in [6.45, 7) is 15.9. The van der Waals surface area contributed by atoms with Gasteiger partial charge in [-0.25, -0.2) is 15.0 Å². The van der Waals surface area contributed by atoms with Gasteiger partial charge in [0.15, 0.2) is 5.17 Å². The zero-order valence-electron chi connectivity index (χ0n) is 25.9. The Hall–Kier alpha value is -4.38. The van der Waals surface area contributed by atoms with E-state index in [-0.39, 0.29) is 17.5 Å². The van der Waals surface area contributed by atoms with Crippen molar-refractivity contribution in [3.05, 3.63) is 96.1 Å². The number of nitrogens with zero attached hydrogens (tertiary/aromatic N) is 3. The summed E-state index contributed by atoms with van der Waals surface area (Å²) in [5.74, 6) is 0.898. The third-order valence-electron chi connectivity index (χ3n) is 5.28. The van der Waals surface area contributed by atoms with Crippen molar-refractivity contribution in [1.82, 2.24) is 5.32 Å². The Morgan fingerprint density at radius 1 is 1.00 bits per heavy atom. The van der Waals surface area contributed by atoms with Crippen molar-refractivity contribution < 1.29 is 22.7 Å². The molecule has 0 radical (unpaired) electrons. The van der Waals surface area contributed by atoms with Crippen molar-refractivity contribution in [2.24, 2.45) is 20.7 Å². The van der Waals surface area contributed by atoms with E-state index in [0.29, 0.717) is 22.5 Å². The molecule has 1 heterocycles. The fourth-order valence-corrected chi connectivity index (χ4v) is 4.02. The maximum absolute atomic E-state index is 12.1. The van der Waals surface area contributed by atoms with Gasteiger partial charge in [-0.15, -0.1) is 13.2 Å². The Morgan fingerprint density at radius 3 is 2.14 bits per heavy atom. The number of aliphatic imine (C=N–C) groups is 3. The highest BCUT2D eigenvalue weighted by Gasteiger charge is 2.30. The second-order valence-electron chi connectivity index (χ2n) is 8.59. The Kier molecular flexibility index (Phi) is 16.9. The number of halogens is 3. The number of benzene rings is 3. The zero-order valence-corrected chi connectivity index (χ0v) is 26.7. The number of thioether (sulfide) groups is 1. The van der Waals surface area contributed by atoms with Crippen LogP contribution in [0.25, 0.3) is 6.08 Å². The first-order valence-electron chi connectivity index (χ1n) is 14.1. The van der Waals surface area contributed by atoms with Crippen LogP contribution in [0.1, 0.15) is 64.2 Å². The van der Waals surface area contributed by atoms with Crippen molar-refractivity contribution in [3.63, 3.8) is 0 Å². The fraction of sp³-hybridized carbons (Fsp3) is 0.273. The normalized spacial score (nSPS) is 13.6. The van der Waals surface area contributed by atoms with Crippen LogP contribution in [0.2, 0.25) is 0 Å². The number of nitrogens with two attached hydrogens (primary N) is 1. The van der Waals surface area contributed by atoms with Gasteiger partial charge in [-0.3, -0.25) is 4.79 Å². The Morgan fingerprint density at radius 2 is 1.61 bits per heavy atom. The Bertz CT molecular complexity index is 1400. The first kappa shape index (κ1) is 37.6. The van der Waals surface area contributed by atoms with Gasteiger partial charge in [0.25, 0.3) is 0 Å². The lowest BCUT2D eigenvalue weighted by Gasteiger charge is -2.08. The van der Waals surface area contributed by atoms with Crippen LogP contribution < -0.4 is 15.8 Å². The van der Waals surface area contributed by atoms with Gasteiger partial charge in [0, 0.05) is 5.56 Å². The van der Waals surface area contributed by atoms with Gasteiger partial charge < -0.3 is 15.8 Å². The van der Waals surface area contributed by atoms with E-state index in [1.54, 1.807) is 18.2 Å². The molecule has 0 atom stereocenters. The molecule has 3 aromatic rings. The molecule has 0 bridgehead atoms. The topological polar surface area (TPSA) is 101 Å². The lowest BCUT2D eigenvalue weighted by atomic mass is 10.0. The summed E-state index contributed by atoms with van der Waals surface area (Å²) in [5.41, 5.74) is 10.1. The molecule has 3 N–H and O–H groups in total. The quantitative estimate of drug-likeness (QED) is 0.202. The summed E-state index contributed by atoms with van der Waals surface area (Å²) >= 11 is 1.46. The monoisotopic (exact) mass is 627 g/mol. The summed E-state index contributed by atoms with van der Waals surface area (Å²) < 4.78 is 39.9. The predicted molar refractivity (Wildman–Crippen MR) is 179 cm³/mol. The van der Waals surface area contributed by atoms with E-state index in [4.69, 9.17) is 5.73 Å². The average Bonchev–Trinajstić information content (AvgIpc) is 3.44. The van der Waals surface area contributed by atoms with Crippen molar-refractivity contribution in [1.29, 1.82) is 0 Å². The minimum Gasteiger partial charge on any atom is -0.406 e. The lowest BCUT2D eigenvalue weighted by molar-refractivity contribution is -0.274. The van der Waals surface area contributed by atoms with Crippen molar-refractivity contribution >= 4 is 52.5 Å². The van der Waals surface area contributed by atoms with Crippen molar-refractivity contribution in [2.75, 3.05) is 5.75 Å². The summed E-state index contributed by atoms with van der Waals surface area (Å²) in [7, 11) is 0. The highest BCUT2D eigenvalue weighted by Crippen LogP contribution is 2.28. The lowest BCUT2D eigenvalue weighted by Crippen LogP contribution is -2.19. The third-order valence-corrected chi connectivity index (χ3v) is 6.16. The largest absolute Gasteiger partial charge is 0.573 e. The minimum atomic E-state index is -4.72. The third kappa shape index (κ3) is 13.7. The van der Waals surface area contributed by atoms with E-state index in [2.05, 4.69) is 51.5 Å². The number of carbonyl (C=O) groups is 1. The van der Waals surface area contributed by atoms with Crippen LogP contribution in [-0.2, 0) is 4.79 Å². The number of hydrogen-bond donors (Lipinski definition) is 2. The van der Waals surface area contributed by atoms with Gasteiger partial charge in [0.05, 0.1) is 17.1 Å². The molecule has 0 aliphatic carbocycles. The van der Waals surface area contributed by atoms with Crippen LogP contribution in [-0.4, -0.2) is 35.4 Å². The number of nitrogens with one attached hydrogen (secondary N) is 1. The predicted octanol–water partition coefficient (Wildman–Crippen LogP) is 9.01. The summed E-state index contributed by atoms with van der Waals surface area (Å²) in [6, 6.07) is 20.4. The number of amidine groups is 2. The molecule has 1 aliphatic heterocycles. The van der Waals surface area contributed by atoms with Crippen LogP contribution >= 0.6 is 11.8 Å². The van der Waals surface area contributed by atoms with Gasteiger partial charge in [0.2, 0.25) is 5.91 Å². The van der Waals surface area contributed by atoms with E-state index in [1.165, 1.54) is 47.9 Å². The number of para-hydroxylation sites is 1. The molecule has 0 spiro atoms. The van der Waals surface area contributed by atoms with Crippen molar-refractivity contribution in [3.8, 4) is 5.75 Å². The van der Waals surface area contributed by atoms with E-state index in [0.717, 1.165) is 16.8 Å². The maximum atomic E-state index is 12.1. The Balaban J connectivity index is 0.000000419. The van der Waals surface area contributed by atoms with Crippen LogP contribution in [0, 0.1) is 0 Å². The summed E-state index contributed by atoms with van der Waals surface area (Å²) in [5, 5.41) is 3.45. The molecule has 1 fully saturated rings. The van der Waals surface area contributed by atoms with Crippen LogP contribution in [0.4, 0.5) is 24.5 Å². The molecular formula is C33H40F3N5O2S. The van der Waals surface area contributed by atoms with Crippen molar-refractivity contribution in [2.45, 2.75) is 53.8 Å². The second-order valence-corrected chi connectivity index (χ2v) is 9.56. The highest BCUT2D eigenvalue weighted by molar-refractivity contribution is 8.15. The van der Waals surface area contributed by atoms with E-state index in [1.807, 2.05) is 58.0 Å². The number of amides is 1. The number of alkyl halides is 3. The van der Waals surface area contributed by atoms with Gasteiger partial charge in [0.1, 0.15) is 17.9 Å². The first-order chi connectivity index (χ1) is 21.0. The average molecular weight is 628 g/mol. The standard InChI is InChI=1S/C17H14F3N3O.C12H14N2OS.2C2H6/c1-2-12-3-5-13(6-4-12)16(21)23-11-22-14-7-9-15(10-8-14)24-17(18,19)20;1-8(2)9-5-3-4-6-10(9)13-12-14-11(15)7-16-12;2*1-2/h2-11H,1H2,(H2,21,22,23);3-6,8H,7H2,1-2H3,(H,13,14,15);2*1-2H3. The smallest absolute Gasteiger partial charge is 0.406 e. The van der Waals surface area contributed by atoms with E-state index in [9.17, 15) is 18.0 Å². The summed E-state index contributed by atoms with van der Waals surface area (Å²) in [6.07, 6.45) is -1.77. The molecule has 11 heteroatoms. The van der Waals surface area contributed by atoms with Gasteiger partial charge in [-0.2, -0.15) is 0 Å². The molecule has 1 aliphatic rings. The molecule has 7 nitrogen and oxygen atoms in total. The van der Waals surface area contributed by atoms with Crippen LogP contribution in [0.3, 0.4) is 0 Å². The van der Waals surface area contributed by atoms with Gasteiger partial charge >= 0.3 is 6.36 Å². The fourth-order valence-electron chi connectivity index (χ4n) is 3.33. The molecule has 1 saturated heterocycles. The van der Waals surface area contributed by atoms with Crippen LogP contribution in [0.5, 0.6) is 5.75 Å². The molecule has 0 unspecified atom stereocenters. The summed E-state index contributed by atoms with van der Waals surface area (Å²) in [4.78, 5) is 23.5. The molecule has 1 amide bonds. The van der Waals surface area contributed by atoms with Gasteiger partial charge in [-0.05, 0) is 47.4 Å². The maximum Gasteiger partial charge on any atom is 0.573 e. The molecule has 0 saturated carbocycles. The highest BCUT2D eigenvalue weighted by atomic mass is 32.2. The minimum absolute atomic E-state index is 0.0331. The first-order valence-corrected chi connectivity index (χ1v) is 15.1. The molecule has 44 heavy (non-hydrogen) atoms. The number of hydrogen-bond acceptors (Lipinski definition) is 5. The molecule has 4 rings (SSSR count). The molecular weight excluding hydrogens is 587 g/mol. The Labute approximate surface area is 262 Å². The SMILES string of the molecule is C=Cc1ccc(C(N)=NC=Nc2ccc(OC(F)(F)F)cc2)cc1.CC.CC.CC(C)c1ccccc1N=C1NC(=O)CS1. The second kappa shape index (κ2) is 19.7. The molecule has 3 aromatic carbocycles. The molecule has 0 aromatic heterocycles. The zero-order chi connectivity index (χ0) is 33.1. The number of rotatable bonds is 7. The van der Waals surface area contributed by atoms with Crippen LogP contribution in [0.15, 0.2) is 94.4 Å². The number of carbonyl (C=O) groups excluding carboxylic acids is 1. The number of ether oxygens (including phenoxy) is 1.